The molecule has 1 unspecified atom stereocenters. The van der Waals surface area contributed by atoms with Crippen molar-refractivity contribution in [3.8, 4) is 0 Å². The number of hydrogen-bond donors (Lipinski definition) is 2. The topological polar surface area (TPSA) is 53.6 Å². The molecule has 2 fully saturated rings. The minimum absolute atomic E-state index is 0.497. The lowest BCUT2D eigenvalue weighted by molar-refractivity contribution is 0.295. The molecule has 1 atom stereocenters. The number of rotatable bonds is 2. The lowest BCUT2D eigenvalue weighted by Gasteiger charge is -2.32. The fourth-order valence-electron chi connectivity index (χ4n) is 3.28. The van der Waals surface area contributed by atoms with Crippen LogP contribution in [0, 0.1) is 0 Å². The Morgan fingerprint density at radius 3 is 2.56 bits per heavy atom. The zero-order chi connectivity index (χ0) is 12.8. The summed E-state index contributed by atoms with van der Waals surface area (Å²) >= 11 is 0. The molecule has 4 heteroatoms. The minimum Gasteiger partial charge on any atom is -0.339 e. The number of guanidine groups is 1. The molecule has 3 N–H and O–H groups in total. The zero-order valence-electron chi connectivity index (χ0n) is 11.7. The first-order valence-corrected chi connectivity index (χ1v) is 7.66. The summed E-state index contributed by atoms with van der Waals surface area (Å²) in [5.74, 6) is 6.67. The van der Waals surface area contributed by atoms with Gasteiger partial charge in [0.05, 0.1) is 6.04 Å². The van der Waals surface area contributed by atoms with Gasteiger partial charge in [-0.15, -0.1) is 0 Å². The number of aliphatic imine (C=N–C) groups is 1. The molecule has 0 aromatic rings. The largest absolute Gasteiger partial charge is 0.339 e. The van der Waals surface area contributed by atoms with E-state index in [1.165, 1.54) is 57.8 Å². The van der Waals surface area contributed by atoms with Crippen LogP contribution in [0.4, 0.5) is 0 Å². The summed E-state index contributed by atoms with van der Waals surface area (Å²) in [4.78, 5) is 7.29. The summed E-state index contributed by atoms with van der Waals surface area (Å²) in [6.07, 6.45) is 11.5. The summed E-state index contributed by atoms with van der Waals surface area (Å²) in [6, 6.07) is 1.11. The van der Waals surface area contributed by atoms with Crippen molar-refractivity contribution in [2.75, 3.05) is 6.54 Å². The predicted molar refractivity (Wildman–Crippen MR) is 76.3 cm³/mol. The second-order valence-electron chi connectivity index (χ2n) is 5.64. The van der Waals surface area contributed by atoms with E-state index < -0.39 is 0 Å². The van der Waals surface area contributed by atoms with E-state index in [1.54, 1.807) is 0 Å². The molecule has 1 saturated carbocycles. The molecule has 1 aliphatic carbocycles. The minimum atomic E-state index is 0.497. The Hall–Kier alpha value is -0.770. The third-order valence-corrected chi connectivity index (χ3v) is 4.38. The summed E-state index contributed by atoms with van der Waals surface area (Å²) in [6.45, 7) is 3.38. The SMILES string of the molecule is CCC1CCCCCN1C(=NC1CCCC1)NN. The van der Waals surface area contributed by atoms with Crippen LogP contribution in [0.2, 0.25) is 0 Å². The molecule has 0 spiro atoms. The van der Waals surface area contributed by atoms with Gasteiger partial charge in [-0.2, -0.15) is 0 Å². The molecule has 0 amide bonds. The maximum absolute atomic E-state index is 5.73. The zero-order valence-corrected chi connectivity index (χ0v) is 11.7. The first-order valence-electron chi connectivity index (χ1n) is 7.66. The van der Waals surface area contributed by atoms with Crippen LogP contribution in [0.25, 0.3) is 0 Å². The molecule has 1 heterocycles. The second kappa shape index (κ2) is 6.98. The first-order chi connectivity index (χ1) is 8.85. The van der Waals surface area contributed by atoms with Crippen LogP contribution in [0.1, 0.15) is 64.7 Å². The first kappa shape index (κ1) is 13.7. The molecular formula is C14H28N4. The molecule has 2 aliphatic rings. The number of nitrogens with zero attached hydrogens (tertiary/aromatic N) is 2. The molecule has 1 aliphatic heterocycles. The highest BCUT2D eigenvalue weighted by molar-refractivity contribution is 5.80. The highest BCUT2D eigenvalue weighted by Gasteiger charge is 2.24. The van der Waals surface area contributed by atoms with Gasteiger partial charge >= 0.3 is 0 Å². The summed E-state index contributed by atoms with van der Waals surface area (Å²) < 4.78 is 0. The van der Waals surface area contributed by atoms with Gasteiger partial charge in [-0.1, -0.05) is 32.6 Å². The van der Waals surface area contributed by atoms with Gasteiger partial charge in [-0.25, -0.2) is 10.8 Å². The van der Waals surface area contributed by atoms with Gasteiger partial charge in [-0.3, -0.25) is 5.43 Å². The number of hydrogen-bond acceptors (Lipinski definition) is 2. The molecule has 0 bridgehead atoms. The Labute approximate surface area is 111 Å². The van der Waals surface area contributed by atoms with Crippen molar-refractivity contribution < 1.29 is 0 Å². The highest BCUT2D eigenvalue weighted by atomic mass is 15.4. The van der Waals surface area contributed by atoms with Crippen LogP contribution < -0.4 is 11.3 Å². The predicted octanol–water partition coefficient (Wildman–Crippen LogP) is 2.40. The van der Waals surface area contributed by atoms with Crippen LogP contribution in [0.15, 0.2) is 4.99 Å². The Balaban J connectivity index is 2.07. The number of nitrogens with one attached hydrogen (secondary N) is 1. The van der Waals surface area contributed by atoms with Crippen molar-refractivity contribution in [3.05, 3.63) is 0 Å². The van der Waals surface area contributed by atoms with E-state index in [0.717, 1.165) is 12.5 Å². The Bertz CT molecular complexity index is 271. The maximum Gasteiger partial charge on any atom is 0.208 e. The molecule has 18 heavy (non-hydrogen) atoms. The lowest BCUT2D eigenvalue weighted by atomic mass is 10.1. The smallest absolute Gasteiger partial charge is 0.208 e. The monoisotopic (exact) mass is 252 g/mol. The van der Waals surface area contributed by atoms with Crippen LogP contribution in [0.3, 0.4) is 0 Å². The van der Waals surface area contributed by atoms with Crippen molar-refractivity contribution in [2.45, 2.75) is 76.8 Å². The fraction of sp³-hybridized carbons (Fsp3) is 0.929. The summed E-state index contributed by atoms with van der Waals surface area (Å²) in [5, 5.41) is 0. The van der Waals surface area contributed by atoms with E-state index in [0.29, 0.717) is 12.1 Å². The quantitative estimate of drug-likeness (QED) is 0.343. The van der Waals surface area contributed by atoms with E-state index >= 15 is 0 Å². The van der Waals surface area contributed by atoms with Gasteiger partial charge in [0, 0.05) is 12.6 Å². The number of nitrogens with two attached hydrogens (primary N) is 1. The Morgan fingerprint density at radius 2 is 1.89 bits per heavy atom. The Morgan fingerprint density at radius 1 is 1.17 bits per heavy atom. The molecule has 4 nitrogen and oxygen atoms in total. The molecule has 1 saturated heterocycles. The molecule has 0 aromatic heterocycles. The van der Waals surface area contributed by atoms with Crippen LogP contribution >= 0.6 is 0 Å². The third-order valence-electron chi connectivity index (χ3n) is 4.38. The van der Waals surface area contributed by atoms with Crippen molar-refractivity contribution in [1.29, 1.82) is 0 Å². The third kappa shape index (κ3) is 3.37. The molecular weight excluding hydrogens is 224 g/mol. The van der Waals surface area contributed by atoms with Gasteiger partial charge in [0.2, 0.25) is 5.96 Å². The number of likely N-dealkylation sites (tertiary alicyclic amines) is 1. The van der Waals surface area contributed by atoms with Crippen molar-refractivity contribution in [3.63, 3.8) is 0 Å². The second-order valence-corrected chi connectivity index (χ2v) is 5.64. The summed E-state index contributed by atoms with van der Waals surface area (Å²) in [5.41, 5.74) is 2.87. The van der Waals surface area contributed by atoms with E-state index in [4.69, 9.17) is 10.8 Å². The van der Waals surface area contributed by atoms with Gasteiger partial charge in [-0.05, 0) is 32.1 Å². The number of hydrazine groups is 1. The van der Waals surface area contributed by atoms with Crippen LogP contribution in [0.5, 0.6) is 0 Å². The average Bonchev–Trinajstić information content (AvgIpc) is 2.79. The Kier molecular flexibility index (Phi) is 5.29. The van der Waals surface area contributed by atoms with Gasteiger partial charge in [0.1, 0.15) is 0 Å². The van der Waals surface area contributed by atoms with E-state index in [9.17, 15) is 0 Å². The normalized spacial score (nSPS) is 27.3. The average molecular weight is 252 g/mol. The molecule has 0 radical (unpaired) electrons. The molecule has 2 rings (SSSR count). The summed E-state index contributed by atoms with van der Waals surface area (Å²) in [7, 11) is 0. The standard InChI is InChI=1S/C14H28N4/c1-2-13-10-4-3-7-11-18(13)14(17-15)16-12-8-5-6-9-12/h12-13H,2-11,15H2,1H3,(H,16,17). The fourth-order valence-corrected chi connectivity index (χ4v) is 3.28. The van der Waals surface area contributed by atoms with Crippen molar-refractivity contribution in [2.24, 2.45) is 10.8 Å². The molecule has 104 valence electrons. The van der Waals surface area contributed by atoms with Crippen molar-refractivity contribution >= 4 is 5.96 Å². The van der Waals surface area contributed by atoms with E-state index in [-0.39, 0.29) is 0 Å². The van der Waals surface area contributed by atoms with Crippen LogP contribution in [-0.4, -0.2) is 29.5 Å². The van der Waals surface area contributed by atoms with Gasteiger partial charge < -0.3 is 4.90 Å². The molecule has 0 aromatic carbocycles. The van der Waals surface area contributed by atoms with Crippen LogP contribution in [-0.2, 0) is 0 Å². The van der Waals surface area contributed by atoms with E-state index in [2.05, 4.69) is 17.2 Å². The van der Waals surface area contributed by atoms with Crippen molar-refractivity contribution in [1.82, 2.24) is 10.3 Å². The maximum atomic E-state index is 5.73. The highest BCUT2D eigenvalue weighted by Crippen LogP contribution is 2.23. The lowest BCUT2D eigenvalue weighted by Crippen LogP contribution is -2.49. The van der Waals surface area contributed by atoms with Gasteiger partial charge in [0.15, 0.2) is 0 Å². The van der Waals surface area contributed by atoms with E-state index in [1.807, 2.05) is 0 Å². The van der Waals surface area contributed by atoms with Gasteiger partial charge in [0.25, 0.3) is 0 Å².